The summed E-state index contributed by atoms with van der Waals surface area (Å²) in [5.74, 6) is 0.710. The molecule has 4 heteroatoms. The van der Waals surface area contributed by atoms with Gasteiger partial charge >= 0.3 is 0 Å². The molecule has 0 aliphatic rings. The fourth-order valence-electron chi connectivity index (χ4n) is 1.71. The average molecular weight is 251 g/mol. The van der Waals surface area contributed by atoms with Gasteiger partial charge in [0.1, 0.15) is 5.69 Å². The zero-order valence-corrected chi connectivity index (χ0v) is 10.4. The van der Waals surface area contributed by atoms with E-state index in [1.54, 1.807) is 0 Å². The van der Waals surface area contributed by atoms with Crippen LogP contribution in [-0.2, 0) is 0 Å². The van der Waals surface area contributed by atoms with Gasteiger partial charge in [-0.15, -0.1) is 0 Å². The van der Waals surface area contributed by atoms with Gasteiger partial charge in [0.25, 0.3) is 0 Å². The van der Waals surface area contributed by atoms with E-state index in [2.05, 4.69) is 12.1 Å². The maximum absolute atomic E-state index is 6.10. The second-order valence-electron chi connectivity index (χ2n) is 3.99. The quantitative estimate of drug-likeness (QED) is 0.898. The van der Waals surface area contributed by atoms with Gasteiger partial charge in [0, 0.05) is 11.6 Å². The lowest BCUT2D eigenvalue weighted by atomic mass is 10.1. The van der Waals surface area contributed by atoms with Crippen LogP contribution < -0.4 is 5.73 Å². The maximum Gasteiger partial charge on any atom is 0.154 e. The molecule has 1 unspecified atom stereocenters. The lowest BCUT2D eigenvalue weighted by Crippen LogP contribution is -2.08. The van der Waals surface area contributed by atoms with E-state index in [1.807, 2.05) is 30.3 Å². The Morgan fingerprint density at radius 3 is 2.88 bits per heavy atom. The summed E-state index contributed by atoms with van der Waals surface area (Å²) in [5.41, 5.74) is 7.57. The number of nitrogens with two attached hydrogens (primary N) is 1. The normalized spacial score (nSPS) is 12.6. The molecule has 17 heavy (non-hydrogen) atoms. The highest BCUT2D eigenvalue weighted by molar-refractivity contribution is 6.33. The summed E-state index contributed by atoms with van der Waals surface area (Å²) in [6, 6.07) is 9.31. The van der Waals surface area contributed by atoms with E-state index >= 15 is 0 Å². The molecule has 0 saturated heterocycles. The number of nitrogens with zero attached hydrogens (tertiary/aromatic N) is 1. The topological polar surface area (TPSA) is 52.0 Å². The molecule has 1 heterocycles. The molecule has 0 aliphatic carbocycles. The third-order valence-electron chi connectivity index (χ3n) is 2.64. The van der Waals surface area contributed by atoms with Gasteiger partial charge in [-0.2, -0.15) is 0 Å². The average Bonchev–Trinajstić information content (AvgIpc) is 2.79. The van der Waals surface area contributed by atoms with Crippen LogP contribution in [0, 0.1) is 0 Å². The SMILES string of the molecule is CCCC(N)c1cc(-c2ccccc2Cl)no1. The largest absolute Gasteiger partial charge is 0.359 e. The summed E-state index contributed by atoms with van der Waals surface area (Å²) in [4.78, 5) is 0. The highest BCUT2D eigenvalue weighted by Gasteiger charge is 2.14. The molecule has 1 atom stereocenters. The minimum Gasteiger partial charge on any atom is -0.359 e. The molecule has 0 amide bonds. The van der Waals surface area contributed by atoms with E-state index in [0.29, 0.717) is 10.8 Å². The number of aromatic nitrogens is 1. The van der Waals surface area contributed by atoms with Crippen LogP contribution in [0.3, 0.4) is 0 Å². The van der Waals surface area contributed by atoms with E-state index in [4.69, 9.17) is 21.9 Å². The molecule has 1 aromatic carbocycles. The number of hydrogen-bond acceptors (Lipinski definition) is 3. The van der Waals surface area contributed by atoms with Crippen LogP contribution in [0.15, 0.2) is 34.9 Å². The maximum atomic E-state index is 6.10. The highest BCUT2D eigenvalue weighted by Crippen LogP contribution is 2.28. The standard InChI is InChI=1S/C13H15ClN2O/c1-2-5-11(15)13-8-12(16-17-13)9-6-3-4-7-10(9)14/h3-4,6-8,11H,2,5,15H2,1H3. The molecule has 1 aromatic heterocycles. The summed E-state index contributed by atoms with van der Waals surface area (Å²) < 4.78 is 5.25. The lowest BCUT2D eigenvalue weighted by molar-refractivity contribution is 0.356. The van der Waals surface area contributed by atoms with Gasteiger partial charge in [-0.3, -0.25) is 0 Å². The van der Waals surface area contributed by atoms with Crippen LogP contribution in [-0.4, -0.2) is 5.16 Å². The van der Waals surface area contributed by atoms with E-state index in [1.165, 1.54) is 0 Å². The Hall–Kier alpha value is -1.32. The first-order chi connectivity index (χ1) is 8.22. The molecule has 0 spiro atoms. The molecule has 0 radical (unpaired) electrons. The van der Waals surface area contributed by atoms with Crippen molar-refractivity contribution in [1.82, 2.24) is 5.16 Å². The van der Waals surface area contributed by atoms with Crippen molar-refractivity contribution in [3.63, 3.8) is 0 Å². The van der Waals surface area contributed by atoms with Crippen LogP contribution in [0.1, 0.15) is 31.6 Å². The van der Waals surface area contributed by atoms with Crippen molar-refractivity contribution < 1.29 is 4.52 Å². The fraction of sp³-hybridized carbons (Fsp3) is 0.308. The summed E-state index contributed by atoms with van der Waals surface area (Å²) >= 11 is 6.10. The summed E-state index contributed by atoms with van der Waals surface area (Å²) in [7, 11) is 0. The Kier molecular flexibility index (Phi) is 3.82. The van der Waals surface area contributed by atoms with E-state index in [0.717, 1.165) is 24.1 Å². The predicted octanol–water partition coefficient (Wildman–Crippen LogP) is 3.79. The molecular formula is C13H15ClN2O. The monoisotopic (exact) mass is 250 g/mol. The number of hydrogen-bond donors (Lipinski definition) is 1. The third-order valence-corrected chi connectivity index (χ3v) is 2.97. The Balaban J connectivity index is 2.27. The Morgan fingerprint density at radius 1 is 1.41 bits per heavy atom. The number of halogens is 1. The van der Waals surface area contributed by atoms with Gasteiger partial charge in [-0.25, -0.2) is 0 Å². The number of rotatable bonds is 4. The molecule has 2 aromatic rings. The van der Waals surface area contributed by atoms with Crippen molar-refractivity contribution in [2.24, 2.45) is 5.73 Å². The minimum atomic E-state index is -0.0938. The van der Waals surface area contributed by atoms with Crippen molar-refractivity contribution in [2.75, 3.05) is 0 Å². The zero-order chi connectivity index (χ0) is 12.3. The molecule has 90 valence electrons. The van der Waals surface area contributed by atoms with Gasteiger partial charge < -0.3 is 10.3 Å². The molecule has 0 fully saturated rings. The van der Waals surface area contributed by atoms with Crippen LogP contribution in [0.4, 0.5) is 0 Å². The second-order valence-corrected chi connectivity index (χ2v) is 4.40. The summed E-state index contributed by atoms with van der Waals surface area (Å²) in [6.45, 7) is 2.09. The Bertz CT molecular complexity index is 496. The van der Waals surface area contributed by atoms with Gasteiger partial charge in [0.2, 0.25) is 0 Å². The van der Waals surface area contributed by atoms with Crippen molar-refractivity contribution in [1.29, 1.82) is 0 Å². The van der Waals surface area contributed by atoms with Crippen LogP contribution in [0.25, 0.3) is 11.3 Å². The first kappa shape index (κ1) is 12.1. The molecular weight excluding hydrogens is 236 g/mol. The third kappa shape index (κ3) is 2.68. The van der Waals surface area contributed by atoms with Gasteiger partial charge in [0.15, 0.2) is 5.76 Å². The molecule has 2 rings (SSSR count). The van der Waals surface area contributed by atoms with E-state index in [9.17, 15) is 0 Å². The van der Waals surface area contributed by atoms with Gasteiger partial charge in [0.05, 0.1) is 11.1 Å². The van der Waals surface area contributed by atoms with E-state index in [-0.39, 0.29) is 6.04 Å². The molecule has 2 N–H and O–H groups in total. The second kappa shape index (κ2) is 5.34. The predicted molar refractivity (Wildman–Crippen MR) is 68.8 cm³/mol. The number of benzene rings is 1. The Morgan fingerprint density at radius 2 is 2.18 bits per heavy atom. The summed E-state index contributed by atoms with van der Waals surface area (Å²) in [6.07, 6.45) is 1.90. The fourth-order valence-corrected chi connectivity index (χ4v) is 1.95. The smallest absolute Gasteiger partial charge is 0.154 e. The van der Waals surface area contributed by atoms with Crippen molar-refractivity contribution >= 4 is 11.6 Å². The zero-order valence-electron chi connectivity index (χ0n) is 9.69. The van der Waals surface area contributed by atoms with Crippen LogP contribution >= 0.6 is 11.6 Å². The van der Waals surface area contributed by atoms with Gasteiger partial charge in [-0.05, 0) is 12.5 Å². The molecule has 0 bridgehead atoms. The molecule has 3 nitrogen and oxygen atoms in total. The molecule has 0 aliphatic heterocycles. The van der Waals surface area contributed by atoms with Crippen molar-refractivity contribution in [2.45, 2.75) is 25.8 Å². The first-order valence-corrected chi connectivity index (χ1v) is 6.07. The summed E-state index contributed by atoms with van der Waals surface area (Å²) in [5, 5.41) is 4.67. The Labute approximate surface area is 106 Å². The lowest BCUT2D eigenvalue weighted by Gasteiger charge is -2.03. The van der Waals surface area contributed by atoms with Crippen LogP contribution in [0.5, 0.6) is 0 Å². The van der Waals surface area contributed by atoms with Gasteiger partial charge in [-0.1, -0.05) is 48.3 Å². The van der Waals surface area contributed by atoms with Crippen molar-refractivity contribution in [3.8, 4) is 11.3 Å². The van der Waals surface area contributed by atoms with E-state index < -0.39 is 0 Å². The molecule has 0 saturated carbocycles. The van der Waals surface area contributed by atoms with Crippen molar-refractivity contribution in [3.05, 3.63) is 41.1 Å². The first-order valence-electron chi connectivity index (χ1n) is 5.69. The van der Waals surface area contributed by atoms with Crippen LogP contribution in [0.2, 0.25) is 5.02 Å². The highest BCUT2D eigenvalue weighted by atomic mass is 35.5. The minimum absolute atomic E-state index is 0.0938.